The third-order valence-corrected chi connectivity index (χ3v) is 7.48. The van der Waals surface area contributed by atoms with Crippen molar-refractivity contribution in [2.45, 2.75) is 142 Å². The van der Waals surface area contributed by atoms with E-state index in [0.717, 1.165) is 19.4 Å². The number of carbonyl (C=O) groups is 3. The average molecular weight is 541 g/mol. The summed E-state index contributed by atoms with van der Waals surface area (Å²) in [7, 11) is 0. The molecule has 38 heavy (non-hydrogen) atoms. The molecule has 0 aromatic rings. The lowest BCUT2D eigenvalue weighted by Gasteiger charge is -2.39. The van der Waals surface area contributed by atoms with Crippen LogP contribution in [-0.2, 0) is 14.4 Å². The largest absolute Gasteiger partial charge is 0.481 e. The molecule has 0 spiro atoms. The van der Waals surface area contributed by atoms with Gasteiger partial charge in [0.2, 0.25) is 0 Å². The second-order valence-electron chi connectivity index (χ2n) is 11.0. The Morgan fingerprint density at radius 2 is 0.816 bits per heavy atom. The molecule has 0 bridgehead atoms. The van der Waals surface area contributed by atoms with Crippen LogP contribution >= 0.6 is 0 Å². The van der Waals surface area contributed by atoms with Crippen LogP contribution < -0.4 is 0 Å². The second-order valence-corrected chi connectivity index (χ2v) is 11.0. The molecule has 0 saturated heterocycles. The first-order valence-electron chi connectivity index (χ1n) is 15.5. The molecule has 0 rings (SSSR count). The third kappa shape index (κ3) is 24.4. The van der Waals surface area contributed by atoms with E-state index in [0.29, 0.717) is 43.4 Å². The SMILES string of the molecule is CCCCCCCCCCCCCCC/C=C/CC[N+](CCCC(=O)O)(CCCC(=O)O)CCCC(=O)O. The predicted molar refractivity (Wildman–Crippen MR) is 154 cm³/mol. The molecule has 0 aromatic heterocycles. The summed E-state index contributed by atoms with van der Waals surface area (Å²) in [5, 5.41) is 27.2. The topological polar surface area (TPSA) is 112 Å². The first kappa shape index (κ1) is 36.1. The minimum atomic E-state index is -0.836. The normalized spacial score (nSPS) is 11.8. The molecule has 0 aliphatic heterocycles. The van der Waals surface area contributed by atoms with Gasteiger partial charge in [-0.05, 0) is 12.8 Å². The average Bonchev–Trinajstić information content (AvgIpc) is 2.85. The van der Waals surface area contributed by atoms with Crippen LogP contribution in [0.2, 0.25) is 0 Å². The molecule has 7 heteroatoms. The van der Waals surface area contributed by atoms with Gasteiger partial charge in [-0.3, -0.25) is 14.4 Å². The number of allylic oxidation sites excluding steroid dienone is 1. The zero-order valence-corrected chi connectivity index (χ0v) is 24.3. The van der Waals surface area contributed by atoms with Gasteiger partial charge in [0.05, 0.1) is 45.4 Å². The van der Waals surface area contributed by atoms with Crippen LogP contribution in [0.1, 0.15) is 142 Å². The smallest absolute Gasteiger partial charge is 0.303 e. The number of aliphatic carboxylic acids is 3. The number of carboxylic acids is 3. The van der Waals surface area contributed by atoms with Crippen molar-refractivity contribution >= 4 is 17.9 Å². The molecule has 7 nitrogen and oxygen atoms in total. The zero-order valence-electron chi connectivity index (χ0n) is 24.3. The molecule has 222 valence electrons. The summed E-state index contributed by atoms with van der Waals surface area (Å²) in [6, 6.07) is 0. The molecule has 0 fully saturated rings. The van der Waals surface area contributed by atoms with Crippen LogP contribution in [-0.4, -0.2) is 63.9 Å². The van der Waals surface area contributed by atoms with Gasteiger partial charge in [-0.1, -0.05) is 96.1 Å². The second kappa shape index (κ2) is 25.4. The summed E-state index contributed by atoms with van der Waals surface area (Å²) in [5.41, 5.74) is 0. The van der Waals surface area contributed by atoms with Crippen molar-refractivity contribution in [1.82, 2.24) is 0 Å². The monoisotopic (exact) mass is 540 g/mol. The fraction of sp³-hybridized carbons (Fsp3) is 0.839. The van der Waals surface area contributed by atoms with Crippen LogP contribution in [0.3, 0.4) is 0 Å². The maximum atomic E-state index is 11.0. The summed E-state index contributed by atoms with van der Waals surface area (Å²) < 4.78 is 0.594. The Kier molecular flexibility index (Phi) is 24.1. The number of nitrogens with zero attached hydrogens (tertiary/aromatic N) is 1. The van der Waals surface area contributed by atoms with E-state index in [1.807, 2.05) is 0 Å². The number of hydrogen-bond donors (Lipinski definition) is 3. The van der Waals surface area contributed by atoms with E-state index in [9.17, 15) is 14.4 Å². The van der Waals surface area contributed by atoms with Crippen molar-refractivity contribution in [1.29, 1.82) is 0 Å². The van der Waals surface area contributed by atoms with Crippen molar-refractivity contribution in [2.75, 3.05) is 26.2 Å². The molecule has 0 aliphatic rings. The van der Waals surface area contributed by atoms with Crippen molar-refractivity contribution in [2.24, 2.45) is 0 Å². The zero-order chi connectivity index (χ0) is 28.3. The minimum absolute atomic E-state index is 0.0761. The van der Waals surface area contributed by atoms with E-state index in [2.05, 4.69) is 19.1 Å². The van der Waals surface area contributed by atoms with E-state index in [-0.39, 0.29) is 19.3 Å². The van der Waals surface area contributed by atoms with Crippen LogP contribution in [0, 0.1) is 0 Å². The summed E-state index contributed by atoms with van der Waals surface area (Å²) in [4.78, 5) is 33.1. The molecule has 0 aromatic carbocycles. The molecule has 0 amide bonds. The maximum Gasteiger partial charge on any atom is 0.303 e. The summed E-state index contributed by atoms with van der Waals surface area (Å²) in [6.45, 7) is 4.96. The van der Waals surface area contributed by atoms with E-state index < -0.39 is 17.9 Å². The standard InChI is InChI=1S/C31H57NO6/c1-2-3-4-5-6-7-8-9-10-11-12-13-14-15-16-17-18-25-32(26-19-22-29(33)34,27-20-23-30(35)36)28-21-24-31(37)38/h16-17H,2-15,18-28H2,1H3,(H2-,33,34,35,36,37,38)/p+1/b17-16+. The van der Waals surface area contributed by atoms with Gasteiger partial charge in [-0.25, -0.2) is 0 Å². The van der Waals surface area contributed by atoms with Gasteiger partial charge in [0.1, 0.15) is 0 Å². The van der Waals surface area contributed by atoms with Gasteiger partial charge in [-0.15, -0.1) is 0 Å². The molecule has 0 heterocycles. The molecule has 3 N–H and O–H groups in total. The Labute approximate surface area is 232 Å². The highest BCUT2D eigenvalue weighted by Crippen LogP contribution is 2.17. The fourth-order valence-corrected chi connectivity index (χ4v) is 5.23. The third-order valence-electron chi connectivity index (χ3n) is 7.48. The molecule has 0 unspecified atom stereocenters. The number of rotatable bonds is 29. The summed E-state index contributed by atoms with van der Waals surface area (Å²) in [5.74, 6) is -2.51. The first-order valence-corrected chi connectivity index (χ1v) is 15.5. The Hall–Kier alpha value is -1.89. The summed E-state index contributed by atoms with van der Waals surface area (Å²) in [6.07, 6.45) is 25.6. The molecule has 0 saturated carbocycles. The van der Waals surface area contributed by atoms with Gasteiger partial charge in [0, 0.05) is 25.7 Å². The minimum Gasteiger partial charge on any atom is -0.481 e. The van der Waals surface area contributed by atoms with Gasteiger partial charge >= 0.3 is 17.9 Å². The van der Waals surface area contributed by atoms with Gasteiger partial charge in [-0.2, -0.15) is 0 Å². The lowest BCUT2D eigenvalue weighted by atomic mass is 10.0. The molecular formula is C31H58NO6+. The van der Waals surface area contributed by atoms with Gasteiger partial charge in [0.25, 0.3) is 0 Å². The first-order chi connectivity index (χ1) is 18.3. The van der Waals surface area contributed by atoms with Gasteiger partial charge in [0.15, 0.2) is 0 Å². The highest BCUT2D eigenvalue weighted by molar-refractivity contribution is 5.67. The van der Waals surface area contributed by atoms with E-state index in [4.69, 9.17) is 15.3 Å². The van der Waals surface area contributed by atoms with Crippen LogP contribution in [0.5, 0.6) is 0 Å². The Bertz CT molecular complexity index is 584. The van der Waals surface area contributed by atoms with E-state index in [1.165, 1.54) is 83.5 Å². The predicted octanol–water partition coefficient (Wildman–Crippen LogP) is 7.83. The quantitative estimate of drug-likeness (QED) is 0.0506. The lowest BCUT2D eigenvalue weighted by molar-refractivity contribution is -0.928. The summed E-state index contributed by atoms with van der Waals surface area (Å²) >= 11 is 0. The number of unbranched alkanes of at least 4 members (excludes halogenated alkanes) is 13. The van der Waals surface area contributed by atoms with Gasteiger partial charge < -0.3 is 19.8 Å². The number of carboxylic acid groups (broad SMARTS) is 3. The van der Waals surface area contributed by atoms with Crippen LogP contribution in [0.4, 0.5) is 0 Å². The van der Waals surface area contributed by atoms with Crippen molar-refractivity contribution in [3.05, 3.63) is 12.2 Å². The molecular weight excluding hydrogens is 482 g/mol. The van der Waals surface area contributed by atoms with Crippen LogP contribution in [0.15, 0.2) is 12.2 Å². The fourth-order valence-electron chi connectivity index (χ4n) is 5.23. The highest BCUT2D eigenvalue weighted by Gasteiger charge is 2.27. The lowest BCUT2D eigenvalue weighted by Crippen LogP contribution is -2.51. The molecule has 0 atom stereocenters. The van der Waals surface area contributed by atoms with Crippen molar-refractivity contribution in [3.63, 3.8) is 0 Å². The Morgan fingerprint density at radius 1 is 0.474 bits per heavy atom. The maximum absolute atomic E-state index is 11.0. The van der Waals surface area contributed by atoms with E-state index in [1.54, 1.807) is 0 Å². The van der Waals surface area contributed by atoms with Crippen molar-refractivity contribution < 1.29 is 34.2 Å². The Morgan fingerprint density at radius 3 is 1.18 bits per heavy atom. The van der Waals surface area contributed by atoms with Crippen LogP contribution in [0.25, 0.3) is 0 Å². The van der Waals surface area contributed by atoms with Crippen molar-refractivity contribution in [3.8, 4) is 0 Å². The van der Waals surface area contributed by atoms with E-state index >= 15 is 0 Å². The number of quaternary nitrogens is 1. The number of hydrogen-bond acceptors (Lipinski definition) is 3. The highest BCUT2D eigenvalue weighted by atomic mass is 16.4. The molecule has 0 aliphatic carbocycles. The molecule has 0 radical (unpaired) electrons. The Balaban J connectivity index is 4.30.